The standard InChI is InChI=1S/C23H20F3NO/c1-27-13-12-20-21(14-16-6-3-2-4-7-16)19(10-11-22(20)27)17-8-5-9-18(15-17)28-23(24,25)26/h2-11,15H,12-14H2,1H3. The van der Waals surface area contributed by atoms with Crippen LogP contribution in [0.1, 0.15) is 16.7 Å². The van der Waals surface area contributed by atoms with Crippen LogP contribution in [0.3, 0.4) is 0 Å². The lowest BCUT2D eigenvalue weighted by atomic mass is 9.89. The van der Waals surface area contributed by atoms with Crippen LogP contribution in [0.2, 0.25) is 0 Å². The quantitative estimate of drug-likeness (QED) is 0.562. The van der Waals surface area contributed by atoms with E-state index in [1.54, 1.807) is 6.07 Å². The zero-order valence-electron chi connectivity index (χ0n) is 15.5. The fourth-order valence-electron chi connectivity index (χ4n) is 3.85. The predicted molar refractivity (Wildman–Crippen MR) is 105 cm³/mol. The molecular weight excluding hydrogens is 363 g/mol. The lowest BCUT2D eigenvalue weighted by Gasteiger charge is -2.18. The molecule has 1 aliphatic rings. The second-order valence-electron chi connectivity index (χ2n) is 7.00. The van der Waals surface area contributed by atoms with Gasteiger partial charge in [0.15, 0.2) is 0 Å². The average molecular weight is 383 g/mol. The number of ether oxygens (including phenoxy) is 1. The van der Waals surface area contributed by atoms with Gasteiger partial charge in [-0.15, -0.1) is 13.2 Å². The third-order valence-corrected chi connectivity index (χ3v) is 5.12. The molecular formula is C23H20F3NO. The Bertz CT molecular complexity index is 983. The summed E-state index contributed by atoms with van der Waals surface area (Å²) in [7, 11) is 2.07. The van der Waals surface area contributed by atoms with Gasteiger partial charge < -0.3 is 9.64 Å². The Labute approximate surface area is 162 Å². The van der Waals surface area contributed by atoms with Crippen LogP contribution in [0.15, 0.2) is 66.7 Å². The van der Waals surface area contributed by atoms with Crippen molar-refractivity contribution in [2.24, 2.45) is 0 Å². The molecule has 5 heteroatoms. The summed E-state index contributed by atoms with van der Waals surface area (Å²) >= 11 is 0. The summed E-state index contributed by atoms with van der Waals surface area (Å²) in [5.41, 5.74) is 6.48. The smallest absolute Gasteiger partial charge is 0.406 e. The highest BCUT2D eigenvalue weighted by Crippen LogP contribution is 2.38. The number of benzene rings is 3. The van der Waals surface area contributed by atoms with E-state index in [4.69, 9.17) is 0 Å². The zero-order valence-corrected chi connectivity index (χ0v) is 15.5. The van der Waals surface area contributed by atoms with Crippen molar-refractivity contribution in [1.82, 2.24) is 0 Å². The summed E-state index contributed by atoms with van der Waals surface area (Å²) in [5.74, 6) is -0.201. The maximum Gasteiger partial charge on any atom is 0.573 e. The van der Waals surface area contributed by atoms with Gasteiger partial charge >= 0.3 is 6.36 Å². The Balaban J connectivity index is 1.80. The molecule has 3 aromatic carbocycles. The minimum absolute atomic E-state index is 0.201. The van der Waals surface area contributed by atoms with Gasteiger partial charge in [0.2, 0.25) is 0 Å². The summed E-state index contributed by atoms with van der Waals surface area (Å²) in [6.07, 6.45) is -3.04. The topological polar surface area (TPSA) is 12.5 Å². The molecule has 0 aromatic heterocycles. The number of hydrogen-bond acceptors (Lipinski definition) is 2. The van der Waals surface area contributed by atoms with Gasteiger partial charge in [-0.1, -0.05) is 48.5 Å². The number of hydrogen-bond donors (Lipinski definition) is 0. The molecule has 1 heterocycles. The monoisotopic (exact) mass is 383 g/mol. The maximum atomic E-state index is 12.6. The maximum absolute atomic E-state index is 12.6. The summed E-state index contributed by atoms with van der Waals surface area (Å²) < 4.78 is 42.0. The molecule has 0 aliphatic carbocycles. The highest BCUT2D eigenvalue weighted by molar-refractivity contribution is 5.76. The molecule has 4 rings (SSSR count). The second-order valence-corrected chi connectivity index (χ2v) is 7.00. The molecule has 0 bridgehead atoms. The number of rotatable bonds is 4. The van der Waals surface area contributed by atoms with Crippen molar-refractivity contribution in [3.8, 4) is 16.9 Å². The molecule has 0 saturated carbocycles. The van der Waals surface area contributed by atoms with Gasteiger partial charge in [-0.3, -0.25) is 0 Å². The molecule has 28 heavy (non-hydrogen) atoms. The molecule has 0 radical (unpaired) electrons. The first-order valence-electron chi connectivity index (χ1n) is 9.17. The normalized spacial score (nSPS) is 13.5. The Morgan fingerprint density at radius 2 is 1.75 bits per heavy atom. The molecule has 0 saturated heterocycles. The van der Waals surface area contributed by atoms with Crippen LogP contribution in [-0.2, 0) is 12.8 Å². The minimum Gasteiger partial charge on any atom is -0.406 e. The van der Waals surface area contributed by atoms with Crippen LogP contribution in [0.4, 0.5) is 18.9 Å². The van der Waals surface area contributed by atoms with Crippen molar-refractivity contribution in [2.75, 3.05) is 18.5 Å². The van der Waals surface area contributed by atoms with E-state index in [0.29, 0.717) is 0 Å². The lowest BCUT2D eigenvalue weighted by Crippen LogP contribution is -2.17. The largest absolute Gasteiger partial charge is 0.573 e. The van der Waals surface area contributed by atoms with Crippen molar-refractivity contribution < 1.29 is 17.9 Å². The van der Waals surface area contributed by atoms with E-state index in [1.807, 2.05) is 30.3 Å². The summed E-state index contributed by atoms with van der Waals surface area (Å²) in [4.78, 5) is 2.22. The Morgan fingerprint density at radius 1 is 0.964 bits per heavy atom. The SMILES string of the molecule is CN1CCc2c1ccc(-c1cccc(OC(F)(F)F)c1)c2Cc1ccccc1. The van der Waals surface area contributed by atoms with E-state index in [1.165, 1.54) is 28.9 Å². The van der Waals surface area contributed by atoms with Crippen LogP contribution in [0.5, 0.6) is 5.75 Å². The molecule has 0 atom stereocenters. The van der Waals surface area contributed by atoms with Gasteiger partial charge in [-0.25, -0.2) is 0 Å². The number of alkyl halides is 3. The summed E-state index contributed by atoms with van der Waals surface area (Å²) in [5, 5.41) is 0. The van der Waals surface area contributed by atoms with Gasteiger partial charge in [-0.2, -0.15) is 0 Å². The molecule has 0 spiro atoms. The molecule has 0 fully saturated rings. The Hall–Kier alpha value is -2.95. The second kappa shape index (κ2) is 7.23. The van der Waals surface area contributed by atoms with Crippen molar-refractivity contribution in [1.29, 1.82) is 0 Å². The van der Waals surface area contributed by atoms with E-state index >= 15 is 0 Å². The van der Waals surface area contributed by atoms with Crippen molar-refractivity contribution in [3.05, 3.63) is 83.4 Å². The molecule has 1 aliphatic heterocycles. The molecule has 3 aromatic rings. The number of anilines is 1. The molecule has 0 N–H and O–H groups in total. The predicted octanol–water partition coefficient (Wildman–Crippen LogP) is 5.84. The highest BCUT2D eigenvalue weighted by atomic mass is 19.4. The van der Waals surface area contributed by atoms with Crippen LogP contribution >= 0.6 is 0 Å². The van der Waals surface area contributed by atoms with Crippen molar-refractivity contribution in [3.63, 3.8) is 0 Å². The average Bonchev–Trinajstić information content (AvgIpc) is 3.03. The first-order valence-corrected chi connectivity index (χ1v) is 9.17. The van der Waals surface area contributed by atoms with E-state index in [9.17, 15) is 13.2 Å². The lowest BCUT2D eigenvalue weighted by molar-refractivity contribution is -0.274. The van der Waals surface area contributed by atoms with Crippen molar-refractivity contribution in [2.45, 2.75) is 19.2 Å². The van der Waals surface area contributed by atoms with Crippen LogP contribution in [0.25, 0.3) is 11.1 Å². The van der Waals surface area contributed by atoms with Gasteiger partial charge in [0.1, 0.15) is 5.75 Å². The fraction of sp³-hybridized carbons (Fsp3) is 0.217. The van der Waals surface area contributed by atoms with E-state index in [2.05, 4.69) is 34.9 Å². The van der Waals surface area contributed by atoms with E-state index < -0.39 is 6.36 Å². The van der Waals surface area contributed by atoms with Crippen LogP contribution in [-0.4, -0.2) is 20.0 Å². The third kappa shape index (κ3) is 3.84. The number of likely N-dealkylation sites (N-methyl/N-ethyl adjacent to an activating group) is 1. The van der Waals surface area contributed by atoms with E-state index in [0.717, 1.165) is 36.1 Å². The first kappa shape index (κ1) is 18.4. The van der Waals surface area contributed by atoms with Crippen LogP contribution in [0, 0.1) is 0 Å². The third-order valence-electron chi connectivity index (χ3n) is 5.12. The zero-order chi connectivity index (χ0) is 19.7. The minimum atomic E-state index is -4.70. The Morgan fingerprint density at radius 3 is 2.50 bits per heavy atom. The first-order chi connectivity index (χ1) is 13.4. The summed E-state index contributed by atoms with van der Waals surface area (Å²) in [6.45, 7) is 0.942. The molecule has 0 unspecified atom stereocenters. The number of nitrogens with zero attached hydrogens (tertiary/aromatic N) is 1. The molecule has 2 nitrogen and oxygen atoms in total. The fourth-order valence-corrected chi connectivity index (χ4v) is 3.85. The van der Waals surface area contributed by atoms with Gasteiger partial charge in [0.05, 0.1) is 0 Å². The van der Waals surface area contributed by atoms with Gasteiger partial charge in [-0.05, 0) is 58.9 Å². The summed E-state index contributed by atoms with van der Waals surface area (Å²) in [6, 6.07) is 20.4. The molecule has 0 amide bonds. The van der Waals surface area contributed by atoms with E-state index in [-0.39, 0.29) is 5.75 Å². The number of fused-ring (bicyclic) bond motifs is 1. The highest BCUT2D eigenvalue weighted by Gasteiger charge is 2.31. The van der Waals surface area contributed by atoms with Gasteiger partial charge in [0, 0.05) is 19.3 Å². The molecule has 144 valence electrons. The van der Waals surface area contributed by atoms with Crippen LogP contribution < -0.4 is 9.64 Å². The Kier molecular flexibility index (Phi) is 4.75. The van der Waals surface area contributed by atoms with Gasteiger partial charge in [0.25, 0.3) is 0 Å². The number of halogens is 3. The van der Waals surface area contributed by atoms with Crippen molar-refractivity contribution >= 4 is 5.69 Å².